The molecule has 0 bridgehead atoms. The van der Waals surface area contributed by atoms with Crippen LogP contribution in [0.2, 0.25) is 10.0 Å². The van der Waals surface area contributed by atoms with Crippen LogP contribution in [-0.4, -0.2) is 48.9 Å². The Bertz CT molecular complexity index is 1250. The Morgan fingerprint density at radius 2 is 1.71 bits per heavy atom. The molecule has 0 N–H and O–H groups in total. The van der Waals surface area contributed by atoms with Gasteiger partial charge in [0.1, 0.15) is 5.82 Å². The van der Waals surface area contributed by atoms with Crippen molar-refractivity contribution in [2.24, 2.45) is 14.1 Å². The van der Waals surface area contributed by atoms with E-state index in [4.69, 9.17) is 32.9 Å². The zero-order valence-corrected chi connectivity index (χ0v) is 19.4. The summed E-state index contributed by atoms with van der Waals surface area (Å²) in [4.78, 5) is 32.5. The van der Waals surface area contributed by atoms with Gasteiger partial charge in [-0.15, -0.1) is 0 Å². The van der Waals surface area contributed by atoms with Crippen LogP contribution in [0.5, 0.6) is 0 Å². The van der Waals surface area contributed by atoms with E-state index in [-0.39, 0.29) is 17.8 Å². The lowest BCUT2D eigenvalue weighted by atomic mass is 10.2. The molecular weight excluding hydrogens is 441 g/mol. The topological polar surface area (TPSA) is 74.3 Å². The minimum atomic E-state index is -0.406. The van der Waals surface area contributed by atoms with Crippen LogP contribution in [0, 0.1) is 0 Å². The van der Waals surface area contributed by atoms with Gasteiger partial charge >= 0.3 is 5.69 Å². The fraction of sp³-hybridized carbons (Fsp3) is 0.476. The molecule has 4 rings (SSSR count). The number of rotatable bonds is 4. The van der Waals surface area contributed by atoms with Crippen LogP contribution in [0.25, 0.3) is 11.2 Å². The van der Waals surface area contributed by atoms with Crippen LogP contribution in [0.3, 0.4) is 0 Å². The lowest BCUT2D eigenvalue weighted by molar-refractivity contribution is -0.0712. The number of hydrogen-bond donors (Lipinski definition) is 0. The van der Waals surface area contributed by atoms with E-state index in [9.17, 15) is 9.59 Å². The monoisotopic (exact) mass is 465 g/mol. The van der Waals surface area contributed by atoms with Gasteiger partial charge in [0.2, 0.25) is 0 Å². The highest BCUT2D eigenvalue weighted by Gasteiger charge is 2.26. The molecule has 0 spiro atoms. The van der Waals surface area contributed by atoms with E-state index in [1.807, 2.05) is 24.5 Å². The number of hydrogen-bond acceptors (Lipinski definition) is 5. The smallest absolute Gasteiger partial charge is 0.332 e. The molecule has 0 saturated carbocycles. The molecule has 1 saturated heterocycles. The van der Waals surface area contributed by atoms with Crippen molar-refractivity contribution in [2.45, 2.75) is 39.1 Å². The minimum Gasteiger partial charge on any atom is -0.373 e. The van der Waals surface area contributed by atoms with Crippen LogP contribution < -0.4 is 11.2 Å². The Morgan fingerprint density at radius 1 is 1.03 bits per heavy atom. The van der Waals surface area contributed by atoms with E-state index in [0.29, 0.717) is 40.1 Å². The molecule has 1 aliphatic rings. The molecule has 2 atom stereocenters. The van der Waals surface area contributed by atoms with Crippen LogP contribution in [-0.2, 0) is 31.9 Å². The number of fused-ring (bicyclic) bond motifs is 1. The molecule has 10 heteroatoms. The highest BCUT2D eigenvalue weighted by molar-refractivity contribution is 6.42. The van der Waals surface area contributed by atoms with E-state index in [1.54, 1.807) is 19.2 Å². The number of nitrogens with zero attached hydrogens (tertiary/aromatic N) is 5. The summed E-state index contributed by atoms with van der Waals surface area (Å²) >= 11 is 12.3. The van der Waals surface area contributed by atoms with Gasteiger partial charge in [0.15, 0.2) is 11.2 Å². The SMILES string of the molecule is C[C@@H]1CN(Cc2nc3c(c(=O)n(C)c(=O)n3C)n2Cc2ccc(Cl)c(Cl)c2)C[C@H](C)O1. The molecule has 8 nitrogen and oxygen atoms in total. The van der Waals surface area contributed by atoms with Gasteiger partial charge in [-0.25, -0.2) is 9.78 Å². The summed E-state index contributed by atoms with van der Waals surface area (Å²) in [5, 5.41) is 0.914. The van der Waals surface area contributed by atoms with E-state index < -0.39 is 5.69 Å². The number of aryl methyl sites for hydroxylation is 1. The van der Waals surface area contributed by atoms with Gasteiger partial charge in [-0.05, 0) is 31.5 Å². The summed E-state index contributed by atoms with van der Waals surface area (Å²) in [6.45, 7) is 6.52. The van der Waals surface area contributed by atoms with E-state index in [1.165, 1.54) is 11.6 Å². The van der Waals surface area contributed by atoms with E-state index in [0.717, 1.165) is 23.2 Å². The molecule has 0 radical (unpaired) electrons. The summed E-state index contributed by atoms with van der Waals surface area (Å²) in [6.07, 6.45) is 0.211. The highest BCUT2D eigenvalue weighted by atomic mass is 35.5. The van der Waals surface area contributed by atoms with Gasteiger partial charge in [-0.1, -0.05) is 29.3 Å². The summed E-state index contributed by atoms with van der Waals surface area (Å²) in [7, 11) is 3.11. The fourth-order valence-corrected chi connectivity index (χ4v) is 4.54. The first-order valence-electron chi connectivity index (χ1n) is 10.1. The van der Waals surface area contributed by atoms with Gasteiger partial charge in [0, 0.05) is 33.7 Å². The first-order valence-corrected chi connectivity index (χ1v) is 10.9. The highest BCUT2D eigenvalue weighted by Crippen LogP contribution is 2.24. The number of imidazole rings is 1. The number of halogens is 2. The maximum atomic E-state index is 13.1. The molecule has 1 fully saturated rings. The van der Waals surface area contributed by atoms with Gasteiger partial charge in [0.25, 0.3) is 5.56 Å². The Balaban J connectivity index is 1.85. The average Bonchev–Trinajstić information content (AvgIpc) is 3.05. The largest absolute Gasteiger partial charge is 0.373 e. The van der Waals surface area contributed by atoms with Crippen molar-refractivity contribution in [3.63, 3.8) is 0 Å². The summed E-state index contributed by atoms with van der Waals surface area (Å²) < 4.78 is 10.2. The zero-order valence-electron chi connectivity index (χ0n) is 17.9. The molecule has 1 aromatic carbocycles. The summed E-state index contributed by atoms with van der Waals surface area (Å²) in [5.41, 5.74) is 0.865. The Kier molecular flexibility index (Phi) is 6.00. The third kappa shape index (κ3) is 4.17. The first-order chi connectivity index (χ1) is 14.7. The Morgan fingerprint density at radius 3 is 2.35 bits per heavy atom. The number of aromatic nitrogens is 4. The third-order valence-electron chi connectivity index (χ3n) is 5.61. The third-order valence-corrected chi connectivity index (χ3v) is 6.35. The molecule has 3 heterocycles. The summed E-state index contributed by atoms with van der Waals surface area (Å²) in [6, 6.07) is 5.39. The van der Waals surface area contributed by atoms with Crippen molar-refractivity contribution in [1.29, 1.82) is 0 Å². The zero-order chi connectivity index (χ0) is 22.4. The predicted octanol–water partition coefficient (Wildman–Crippen LogP) is 2.40. The van der Waals surface area contributed by atoms with Crippen LogP contribution in [0.15, 0.2) is 27.8 Å². The fourth-order valence-electron chi connectivity index (χ4n) is 4.22. The molecule has 31 heavy (non-hydrogen) atoms. The molecule has 2 aromatic heterocycles. The molecule has 0 unspecified atom stereocenters. The van der Waals surface area contributed by atoms with Gasteiger partial charge in [0.05, 0.1) is 28.8 Å². The van der Waals surface area contributed by atoms with Gasteiger partial charge < -0.3 is 9.30 Å². The first kappa shape index (κ1) is 22.1. The second-order valence-corrected chi connectivity index (χ2v) is 9.01. The normalized spacial score (nSPS) is 19.9. The van der Waals surface area contributed by atoms with Crippen molar-refractivity contribution in [2.75, 3.05) is 13.1 Å². The average molecular weight is 466 g/mol. The van der Waals surface area contributed by atoms with Crippen molar-refractivity contribution in [3.05, 3.63) is 60.5 Å². The number of morpholine rings is 1. The van der Waals surface area contributed by atoms with E-state index in [2.05, 4.69) is 4.90 Å². The van der Waals surface area contributed by atoms with Crippen LogP contribution >= 0.6 is 23.2 Å². The van der Waals surface area contributed by atoms with Crippen molar-refractivity contribution in [1.82, 2.24) is 23.6 Å². The van der Waals surface area contributed by atoms with Crippen molar-refractivity contribution in [3.8, 4) is 0 Å². The minimum absolute atomic E-state index is 0.105. The molecule has 166 valence electrons. The number of ether oxygens (including phenoxy) is 1. The lowest BCUT2D eigenvalue weighted by Gasteiger charge is -2.35. The lowest BCUT2D eigenvalue weighted by Crippen LogP contribution is -2.45. The maximum Gasteiger partial charge on any atom is 0.332 e. The van der Waals surface area contributed by atoms with Gasteiger partial charge in [-0.2, -0.15) is 0 Å². The molecular formula is C21H25Cl2N5O3. The van der Waals surface area contributed by atoms with Crippen molar-refractivity contribution >= 4 is 34.4 Å². The second kappa shape index (κ2) is 8.43. The Hall–Kier alpha value is -2.13. The van der Waals surface area contributed by atoms with Crippen LogP contribution in [0.4, 0.5) is 0 Å². The summed E-state index contributed by atoms with van der Waals surface area (Å²) in [5.74, 6) is 0.709. The predicted molar refractivity (Wildman–Crippen MR) is 121 cm³/mol. The second-order valence-electron chi connectivity index (χ2n) is 8.19. The van der Waals surface area contributed by atoms with E-state index >= 15 is 0 Å². The molecule has 1 aliphatic heterocycles. The van der Waals surface area contributed by atoms with Crippen LogP contribution in [0.1, 0.15) is 25.2 Å². The molecule has 0 aliphatic carbocycles. The number of benzene rings is 1. The van der Waals surface area contributed by atoms with Gasteiger partial charge in [-0.3, -0.25) is 18.8 Å². The maximum absolute atomic E-state index is 13.1. The van der Waals surface area contributed by atoms with Crippen molar-refractivity contribution < 1.29 is 4.74 Å². The standard InChI is InChI=1S/C21H25Cl2N5O3/c1-12-8-27(9-13(2)31-12)11-17-24-19-18(20(29)26(4)21(30)25(19)3)28(17)10-14-5-6-15(22)16(23)7-14/h5-7,12-13H,8-11H2,1-4H3/t12-,13+. The quantitative estimate of drug-likeness (QED) is 0.591. The molecule has 3 aromatic rings. The Labute approximate surface area is 189 Å². The molecule has 0 amide bonds.